The normalized spacial score (nSPS) is 29.3. The maximum atomic E-state index is 10.4. The molecular formula is C23H27ClO7. The SMILES string of the molecule is OC[C@@H](O)[C@H]1O[C@H](c2ccc(Cl)c(Cc3ccc(OC4CCOC4)cc3)c2)[C@H](O)[C@H]1O. The zero-order valence-corrected chi connectivity index (χ0v) is 17.7. The van der Waals surface area contributed by atoms with E-state index in [2.05, 4.69) is 0 Å². The van der Waals surface area contributed by atoms with Crippen molar-refractivity contribution >= 4 is 11.6 Å². The van der Waals surface area contributed by atoms with E-state index >= 15 is 0 Å². The molecule has 0 spiro atoms. The van der Waals surface area contributed by atoms with Crippen molar-refractivity contribution in [1.29, 1.82) is 0 Å². The molecule has 0 amide bonds. The maximum absolute atomic E-state index is 10.4. The lowest BCUT2D eigenvalue weighted by molar-refractivity contribution is -0.0820. The lowest BCUT2D eigenvalue weighted by Gasteiger charge is -2.19. The summed E-state index contributed by atoms with van der Waals surface area (Å²) in [6.07, 6.45) is -4.15. The highest BCUT2D eigenvalue weighted by atomic mass is 35.5. The smallest absolute Gasteiger partial charge is 0.124 e. The van der Waals surface area contributed by atoms with Crippen molar-refractivity contribution < 1.29 is 34.6 Å². The predicted octanol–water partition coefficient (Wildman–Crippen LogP) is 1.61. The molecule has 0 saturated carbocycles. The van der Waals surface area contributed by atoms with Gasteiger partial charge in [0.15, 0.2) is 0 Å². The number of ether oxygens (including phenoxy) is 3. The minimum Gasteiger partial charge on any atom is -0.488 e. The summed E-state index contributed by atoms with van der Waals surface area (Å²) in [6, 6.07) is 13.1. The Labute approximate surface area is 185 Å². The third kappa shape index (κ3) is 5.04. The minimum atomic E-state index is -1.30. The first kappa shape index (κ1) is 22.5. The highest BCUT2D eigenvalue weighted by molar-refractivity contribution is 6.31. The fraction of sp³-hybridized carbons (Fsp3) is 0.478. The zero-order chi connectivity index (χ0) is 22.0. The van der Waals surface area contributed by atoms with Crippen LogP contribution in [0.25, 0.3) is 0 Å². The van der Waals surface area contributed by atoms with Gasteiger partial charge in [0.05, 0.1) is 19.8 Å². The number of rotatable bonds is 7. The van der Waals surface area contributed by atoms with Crippen LogP contribution in [0, 0.1) is 0 Å². The molecule has 6 atom stereocenters. The van der Waals surface area contributed by atoms with Crippen LogP contribution in [-0.2, 0) is 15.9 Å². The summed E-state index contributed by atoms with van der Waals surface area (Å²) in [4.78, 5) is 0. The predicted molar refractivity (Wildman–Crippen MR) is 113 cm³/mol. The summed E-state index contributed by atoms with van der Waals surface area (Å²) in [7, 11) is 0. The van der Waals surface area contributed by atoms with E-state index in [0.29, 0.717) is 23.6 Å². The van der Waals surface area contributed by atoms with Crippen molar-refractivity contribution in [2.24, 2.45) is 0 Å². The van der Waals surface area contributed by atoms with Crippen molar-refractivity contribution in [3.8, 4) is 5.75 Å². The molecule has 0 aliphatic carbocycles. The zero-order valence-electron chi connectivity index (χ0n) is 16.9. The third-order valence-corrected chi connectivity index (χ3v) is 6.14. The molecule has 8 heteroatoms. The summed E-state index contributed by atoms with van der Waals surface area (Å²) in [6.45, 7) is 0.776. The number of hydrogen-bond acceptors (Lipinski definition) is 7. The van der Waals surface area contributed by atoms with Crippen LogP contribution >= 0.6 is 11.6 Å². The van der Waals surface area contributed by atoms with Crippen LogP contribution in [0.15, 0.2) is 42.5 Å². The molecule has 31 heavy (non-hydrogen) atoms. The number of benzene rings is 2. The van der Waals surface area contributed by atoms with Crippen LogP contribution in [0.3, 0.4) is 0 Å². The molecule has 2 heterocycles. The minimum absolute atomic E-state index is 0.0957. The summed E-state index contributed by atoms with van der Waals surface area (Å²) >= 11 is 6.40. The lowest BCUT2D eigenvalue weighted by atomic mass is 9.96. The Balaban J connectivity index is 1.47. The fourth-order valence-corrected chi connectivity index (χ4v) is 4.20. The molecule has 0 aromatic heterocycles. The molecule has 2 aromatic rings. The summed E-state index contributed by atoms with van der Waals surface area (Å²) in [5.74, 6) is 0.795. The Bertz CT molecular complexity index is 869. The number of aliphatic hydroxyl groups is 4. The monoisotopic (exact) mass is 450 g/mol. The van der Waals surface area contributed by atoms with Gasteiger partial charge in [0.25, 0.3) is 0 Å². The van der Waals surface area contributed by atoms with Crippen LogP contribution in [0.5, 0.6) is 5.75 Å². The second kappa shape index (κ2) is 9.83. The molecule has 2 aliphatic rings. The Morgan fingerprint density at radius 1 is 1.10 bits per heavy atom. The van der Waals surface area contributed by atoms with Gasteiger partial charge in [-0.3, -0.25) is 0 Å². The molecule has 1 unspecified atom stereocenters. The molecule has 4 N–H and O–H groups in total. The van der Waals surface area contributed by atoms with E-state index in [1.54, 1.807) is 12.1 Å². The maximum Gasteiger partial charge on any atom is 0.124 e. The van der Waals surface area contributed by atoms with E-state index in [-0.39, 0.29) is 6.10 Å². The van der Waals surface area contributed by atoms with Gasteiger partial charge in [0, 0.05) is 11.4 Å². The van der Waals surface area contributed by atoms with Crippen molar-refractivity contribution in [3.05, 3.63) is 64.2 Å². The summed E-state index contributed by atoms with van der Waals surface area (Å²) < 4.78 is 16.9. The summed E-state index contributed by atoms with van der Waals surface area (Å²) in [5.41, 5.74) is 2.52. The van der Waals surface area contributed by atoms with Gasteiger partial charge in [0.1, 0.15) is 42.4 Å². The van der Waals surface area contributed by atoms with Crippen LogP contribution in [-0.4, -0.2) is 70.8 Å². The Morgan fingerprint density at radius 2 is 1.87 bits per heavy atom. The lowest BCUT2D eigenvalue weighted by Crippen LogP contribution is -2.40. The number of aliphatic hydroxyl groups excluding tert-OH is 4. The Morgan fingerprint density at radius 3 is 2.55 bits per heavy atom. The average molecular weight is 451 g/mol. The Hall–Kier alpha value is -1.71. The van der Waals surface area contributed by atoms with Gasteiger partial charge < -0.3 is 34.6 Å². The summed E-state index contributed by atoms with van der Waals surface area (Å²) in [5, 5.41) is 40.1. The quantitative estimate of drug-likeness (QED) is 0.507. The van der Waals surface area contributed by atoms with Crippen molar-refractivity contribution in [2.75, 3.05) is 19.8 Å². The molecule has 168 valence electrons. The van der Waals surface area contributed by atoms with E-state index in [4.69, 9.17) is 30.9 Å². The van der Waals surface area contributed by atoms with E-state index in [0.717, 1.165) is 29.9 Å². The standard InChI is InChI=1S/C23H27ClO7/c24-18-6-3-14(22-20(27)21(28)23(31-22)19(26)11-25)10-15(18)9-13-1-4-16(5-2-13)30-17-7-8-29-12-17/h1-6,10,17,19-23,25-28H,7-9,11-12H2/t17?,19-,20-,21-,22-,23-/m1/s1. The van der Waals surface area contributed by atoms with Gasteiger partial charge in [-0.15, -0.1) is 0 Å². The first-order valence-electron chi connectivity index (χ1n) is 10.4. The molecule has 2 saturated heterocycles. The average Bonchev–Trinajstić information content (AvgIpc) is 3.39. The van der Waals surface area contributed by atoms with Crippen molar-refractivity contribution in [3.63, 3.8) is 0 Å². The second-order valence-electron chi connectivity index (χ2n) is 8.03. The van der Waals surface area contributed by atoms with Gasteiger partial charge >= 0.3 is 0 Å². The highest BCUT2D eigenvalue weighted by Gasteiger charge is 2.46. The molecule has 2 aromatic carbocycles. The molecule has 7 nitrogen and oxygen atoms in total. The van der Waals surface area contributed by atoms with E-state index in [1.807, 2.05) is 30.3 Å². The van der Waals surface area contributed by atoms with Gasteiger partial charge in [-0.2, -0.15) is 0 Å². The first-order valence-corrected chi connectivity index (χ1v) is 10.8. The van der Waals surface area contributed by atoms with Gasteiger partial charge in [-0.05, 0) is 41.3 Å². The van der Waals surface area contributed by atoms with Crippen molar-refractivity contribution in [2.45, 2.75) is 49.5 Å². The third-order valence-electron chi connectivity index (χ3n) is 5.77. The highest BCUT2D eigenvalue weighted by Crippen LogP contribution is 2.36. The molecule has 2 fully saturated rings. The molecule has 2 aliphatic heterocycles. The van der Waals surface area contributed by atoms with Crippen LogP contribution in [0.1, 0.15) is 29.2 Å². The van der Waals surface area contributed by atoms with Crippen LogP contribution in [0.2, 0.25) is 5.02 Å². The largest absolute Gasteiger partial charge is 0.488 e. The van der Waals surface area contributed by atoms with E-state index < -0.39 is 37.1 Å². The van der Waals surface area contributed by atoms with Crippen molar-refractivity contribution in [1.82, 2.24) is 0 Å². The van der Waals surface area contributed by atoms with Gasteiger partial charge in [-0.1, -0.05) is 35.9 Å². The fourth-order valence-electron chi connectivity index (χ4n) is 4.01. The molecule has 0 radical (unpaired) electrons. The number of halogens is 1. The van der Waals surface area contributed by atoms with Crippen LogP contribution in [0.4, 0.5) is 0 Å². The van der Waals surface area contributed by atoms with E-state index in [1.165, 1.54) is 0 Å². The second-order valence-corrected chi connectivity index (χ2v) is 8.43. The van der Waals surface area contributed by atoms with Gasteiger partial charge in [0.2, 0.25) is 0 Å². The molecular weight excluding hydrogens is 424 g/mol. The van der Waals surface area contributed by atoms with Gasteiger partial charge in [-0.25, -0.2) is 0 Å². The van der Waals surface area contributed by atoms with Crippen LogP contribution < -0.4 is 4.74 Å². The molecule has 0 bridgehead atoms. The first-order chi connectivity index (χ1) is 15.0. The van der Waals surface area contributed by atoms with E-state index in [9.17, 15) is 15.3 Å². The Kier molecular flexibility index (Phi) is 7.13. The molecule has 4 rings (SSSR count). The number of hydrogen-bond donors (Lipinski definition) is 4. The topological polar surface area (TPSA) is 109 Å².